The molecular formula is C23H22ClN7O6. The zero-order valence-electron chi connectivity index (χ0n) is 19.5. The Labute approximate surface area is 214 Å². The number of aromatic carboxylic acids is 1. The molecule has 5 rings (SSSR count). The molecule has 0 bridgehead atoms. The van der Waals surface area contributed by atoms with Crippen molar-refractivity contribution in [2.24, 2.45) is 0 Å². The molecule has 192 valence electrons. The third kappa shape index (κ3) is 4.94. The van der Waals surface area contributed by atoms with Gasteiger partial charge in [-0.2, -0.15) is 0 Å². The fourth-order valence-corrected chi connectivity index (χ4v) is 4.21. The number of carbonyl (C=O) groups is 2. The van der Waals surface area contributed by atoms with Crippen LogP contribution in [0.4, 0.5) is 17.2 Å². The van der Waals surface area contributed by atoms with Crippen molar-refractivity contribution in [2.75, 3.05) is 30.0 Å². The van der Waals surface area contributed by atoms with Gasteiger partial charge in [0.1, 0.15) is 17.2 Å². The van der Waals surface area contributed by atoms with Crippen molar-refractivity contribution >= 4 is 46.6 Å². The second-order valence-electron chi connectivity index (χ2n) is 8.17. The summed E-state index contributed by atoms with van der Waals surface area (Å²) in [5, 5.41) is 12.7. The number of nitrogen functional groups attached to an aromatic ring is 2. The SMILES string of the molecule is COC(=O)c1cc(C(=O)O)nc2cc(N)nn12.Nc1c(N2CCc3ccc(CNCl)cc3C2)c(=O)c1=O. The summed E-state index contributed by atoms with van der Waals surface area (Å²) >= 11 is 5.52. The van der Waals surface area contributed by atoms with Crippen molar-refractivity contribution < 1.29 is 19.4 Å². The van der Waals surface area contributed by atoms with Gasteiger partial charge in [-0.1, -0.05) is 18.2 Å². The molecule has 14 heteroatoms. The molecule has 0 fully saturated rings. The van der Waals surface area contributed by atoms with Gasteiger partial charge in [0.05, 0.1) is 7.11 Å². The Morgan fingerprint density at radius 1 is 1.16 bits per heavy atom. The minimum absolute atomic E-state index is 0.0494. The van der Waals surface area contributed by atoms with Crippen LogP contribution in [0.1, 0.15) is 37.7 Å². The van der Waals surface area contributed by atoms with E-state index in [1.807, 2.05) is 11.0 Å². The first-order chi connectivity index (χ1) is 17.6. The van der Waals surface area contributed by atoms with Crippen LogP contribution in [0.15, 0.2) is 39.9 Å². The summed E-state index contributed by atoms with van der Waals surface area (Å²) < 4.78 is 5.66. The molecule has 37 heavy (non-hydrogen) atoms. The van der Waals surface area contributed by atoms with E-state index in [1.165, 1.54) is 18.7 Å². The van der Waals surface area contributed by atoms with E-state index in [2.05, 4.69) is 31.8 Å². The number of rotatable bonds is 5. The lowest BCUT2D eigenvalue weighted by Crippen LogP contribution is -2.44. The Morgan fingerprint density at radius 2 is 1.92 bits per heavy atom. The van der Waals surface area contributed by atoms with Crippen molar-refractivity contribution in [1.82, 2.24) is 19.4 Å². The van der Waals surface area contributed by atoms with E-state index in [9.17, 15) is 19.2 Å². The molecule has 0 aliphatic carbocycles. The number of fused-ring (bicyclic) bond motifs is 2. The van der Waals surface area contributed by atoms with Gasteiger partial charge in [0.15, 0.2) is 17.0 Å². The van der Waals surface area contributed by atoms with Crippen LogP contribution < -0.4 is 32.1 Å². The summed E-state index contributed by atoms with van der Waals surface area (Å²) in [5.74, 6) is -1.84. The molecule has 1 aliphatic heterocycles. The summed E-state index contributed by atoms with van der Waals surface area (Å²) in [7, 11) is 1.18. The van der Waals surface area contributed by atoms with Crippen LogP contribution in [-0.4, -0.2) is 45.3 Å². The van der Waals surface area contributed by atoms with E-state index in [0.29, 0.717) is 25.3 Å². The number of nitrogens with zero attached hydrogens (tertiary/aromatic N) is 4. The van der Waals surface area contributed by atoms with E-state index in [-0.39, 0.29) is 28.5 Å². The Bertz CT molecular complexity index is 1590. The molecule has 0 amide bonds. The summed E-state index contributed by atoms with van der Waals surface area (Å²) in [6, 6.07) is 8.63. The molecule has 0 radical (unpaired) electrons. The largest absolute Gasteiger partial charge is 0.477 e. The first-order valence-electron chi connectivity index (χ1n) is 10.9. The smallest absolute Gasteiger partial charge is 0.356 e. The summed E-state index contributed by atoms with van der Waals surface area (Å²) in [6.45, 7) is 1.88. The summed E-state index contributed by atoms with van der Waals surface area (Å²) in [6.07, 6.45) is 0.835. The average Bonchev–Trinajstić information content (AvgIpc) is 3.28. The number of carboxylic acid groups (broad SMARTS) is 1. The molecular weight excluding hydrogens is 506 g/mol. The number of benzene rings is 1. The fraction of sp³-hybridized carbons (Fsp3) is 0.217. The van der Waals surface area contributed by atoms with Crippen LogP contribution in [0.2, 0.25) is 0 Å². The van der Waals surface area contributed by atoms with Gasteiger partial charge < -0.3 is 26.2 Å². The van der Waals surface area contributed by atoms with Gasteiger partial charge in [-0.05, 0) is 34.9 Å². The van der Waals surface area contributed by atoms with E-state index < -0.39 is 22.8 Å². The number of nitrogens with one attached hydrogen (secondary N) is 1. The highest BCUT2D eigenvalue weighted by molar-refractivity contribution is 6.13. The number of aromatic nitrogens is 3. The second kappa shape index (κ2) is 10.2. The number of anilines is 3. The topological polar surface area (TPSA) is 195 Å². The zero-order valence-corrected chi connectivity index (χ0v) is 20.3. The molecule has 6 N–H and O–H groups in total. The van der Waals surface area contributed by atoms with Crippen LogP contribution in [0.3, 0.4) is 0 Å². The number of hydrogen-bond donors (Lipinski definition) is 4. The Kier molecular flexibility index (Phi) is 7.09. The lowest BCUT2D eigenvalue weighted by Gasteiger charge is -2.31. The zero-order chi connectivity index (χ0) is 26.9. The number of halogens is 1. The van der Waals surface area contributed by atoms with Crippen LogP contribution in [-0.2, 0) is 24.2 Å². The molecule has 2 aromatic carbocycles. The maximum absolute atomic E-state index is 11.6. The third-order valence-corrected chi connectivity index (χ3v) is 5.98. The normalized spacial score (nSPS) is 12.6. The lowest BCUT2D eigenvalue weighted by molar-refractivity contribution is 0.0590. The van der Waals surface area contributed by atoms with Crippen molar-refractivity contribution in [3.8, 4) is 0 Å². The first kappa shape index (κ1) is 25.6. The minimum Gasteiger partial charge on any atom is -0.477 e. The van der Waals surface area contributed by atoms with Crippen molar-refractivity contribution in [3.63, 3.8) is 0 Å². The molecule has 3 heterocycles. The fourth-order valence-electron chi connectivity index (χ4n) is 4.05. The molecule has 1 aliphatic rings. The molecule has 0 saturated heterocycles. The van der Waals surface area contributed by atoms with E-state index >= 15 is 0 Å². The number of carboxylic acids is 1. The van der Waals surface area contributed by atoms with Gasteiger partial charge in [0.25, 0.3) is 10.9 Å². The quantitative estimate of drug-likeness (QED) is 0.159. The number of ether oxygens (including phenoxy) is 1. The van der Waals surface area contributed by atoms with Crippen LogP contribution >= 0.6 is 11.8 Å². The maximum atomic E-state index is 11.6. The highest BCUT2D eigenvalue weighted by Gasteiger charge is 2.26. The van der Waals surface area contributed by atoms with Gasteiger partial charge in [-0.25, -0.2) is 23.9 Å². The predicted octanol–water partition coefficient (Wildman–Crippen LogP) is 0.467. The molecule has 13 nitrogen and oxygen atoms in total. The van der Waals surface area contributed by atoms with Crippen molar-refractivity contribution in [1.29, 1.82) is 0 Å². The predicted molar refractivity (Wildman–Crippen MR) is 135 cm³/mol. The van der Waals surface area contributed by atoms with E-state index in [0.717, 1.165) is 28.1 Å². The molecule has 0 spiro atoms. The first-order valence-corrected chi connectivity index (χ1v) is 11.3. The highest BCUT2D eigenvalue weighted by Crippen LogP contribution is 2.26. The monoisotopic (exact) mass is 527 g/mol. The standard InChI is InChI=1S/C14H14ClN3O2.C9H8N4O4/c15-17-6-8-1-2-9-3-4-18(7-10(9)5-8)12-11(16)13(19)14(12)20;1-17-9(16)5-2-4(8(14)15)11-7-3-6(10)12-13(5)7/h1-2,5,17H,3-4,6-7,16H2;2-3H,1H3,(H2,10,12)(H,14,15). The minimum atomic E-state index is -1.25. The van der Waals surface area contributed by atoms with Crippen LogP contribution in [0.5, 0.6) is 0 Å². The van der Waals surface area contributed by atoms with E-state index in [1.54, 1.807) is 0 Å². The number of carbonyl (C=O) groups excluding carboxylic acids is 1. The maximum Gasteiger partial charge on any atom is 0.356 e. The highest BCUT2D eigenvalue weighted by atomic mass is 35.5. The van der Waals surface area contributed by atoms with Gasteiger partial charge in [-0.15, -0.1) is 5.10 Å². The number of methoxy groups -OCH3 is 1. The van der Waals surface area contributed by atoms with Gasteiger partial charge >= 0.3 is 11.9 Å². The van der Waals surface area contributed by atoms with Gasteiger partial charge in [0.2, 0.25) is 0 Å². The molecule has 0 unspecified atom stereocenters. The van der Waals surface area contributed by atoms with Gasteiger partial charge in [-0.3, -0.25) is 9.59 Å². The third-order valence-electron chi connectivity index (χ3n) is 5.85. The summed E-state index contributed by atoms with van der Waals surface area (Å²) in [4.78, 5) is 53.4. The van der Waals surface area contributed by atoms with Crippen LogP contribution in [0.25, 0.3) is 5.65 Å². The van der Waals surface area contributed by atoms with Crippen LogP contribution in [0, 0.1) is 0 Å². The van der Waals surface area contributed by atoms with Crippen molar-refractivity contribution in [3.05, 3.63) is 78.9 Å². The van der Waals surface area contributed by atoms with E-state index in [4.69, 9.17) is 28.4 Å². The second-order valence-corrected chi connectivity index (χ2v) is 8.44. The molecule has 0 atom stereocenters. The van der Waals surface area contributed by atoms with Gasteiger partial charge in [0, 0.05) is 31.8 Å². The Hall–Kier alpha value is -4.49. The molecule has 2 aromatic heterocycles. The summed E-state index contributed by atoms with van der Waals surface area (Å²) in [5.41, 5.74) is 13.8. The number of hydrogen-bond acceptors (Lipinski definition) is 11. The number of esters is 1. The lowest BCUT2D eigenvalue weighted by atomic mass is 9.96. The average molecular weight is 528 g/mol. The molecule has 4 aromatic rings. The molecule has 0 saturated carbocycles. The number of nitrogens with two attached hydrogens (primary N) is 2. The van der Waals surface area contributed by atoms with Crippen molar-refractivity contribution in [2.45, 2.75) is 19.5 Å². The Balaban J connectivity index is 0.000000176. The Morgan fingerprint density at radius 3 is 2.57 bits per heavy atom.